The predicted molar refractivity (Wildman–Crippen MR) is 130 cm³/mol. The zero-order chi connectivity index (χ0) is 23.9. The van der Waals surface area contributed by atoms with Gasteiger partial charge in [-0.05, 0) is 62.1 Å². The first-order valence-corrected chi connectivity index (χ1v) is 13.1. The Labute approximate surface area is 202 Å². The summed E-state index contributed by atoms with van der Waals surface area (Å²) in [5, 5.41) is 0. The largest absolute Gasteiger partial charge is 0.491 e. The van der Waals surface area contributed by atoms with Gasteiger partial charge in [0.25, 0.3) is 0 Å². The molecule has 0 amide bonds. The van der Waals surface area contributed by atoms with Gasteiger partial charge in [0.15, 0.2) is 17.4 Å². The second-order valence-electron chi connectivity index (χ2n) is 9.93. The summed E-state index contributed by atoms with van der Waals surface area (Å²) in [6.45, 7) is 4.94. The van der Waals surface area contributed by atoms with Crippen molar-refractivity contribution in [2.45, 2.75) is 90.1 Å². The minimum absolute atomic E-state index is 0.0396. The van der Waals surface area contributed by atoms with Crippen molar-refractivity contribution < 1.29 is 18.3 Å². The van der Waals surface area contributed by atoms with Gasteiger partial charge in [-0.1, -0.05) is 45.4 Å². The monoisotopic (exact) mass is 472 g/mol. The van der Waals surface area contributed by atoms with E-state index in [9.17, 15) is 8.78 Å². The lowest BCUT2D eigenvalue weighted by Gasteiger charge is -2.38. The average molecular weight is 473 g/mol. The highest BCUT2D eigenvalue weighted by molar-refractivity contribution is 5.57. The summed E-state index contributed by atoms with van der Waals surface area (Å²) < 4.78 is 40.1. The van der Waals surface area contributed by atoms with Crippen LogP contribution < -0.4 is 4.74 Å². The molecule has 1 aliphatic heterocycles. The molecule has 186 valence electrons. The Kier molecular flexibility index (Phi) is 8.87. The molecule has 1 aromatic heterocycles. The zero-order valence-electron chi connectivity index (χ0n) is 20.6. The molecule has 2 aromatic rings. The van der Waals surface area contributed by atoms with Crippen molar-refractivity contribution in [2.24, 2.45) is 11.8 Å². The van der Waals surface area contributed by atoms with E-state index in [1.165, 1.54) is 63.5 Å². The standard InChI is InChI=1S/C28H38F2N2O2/c1-3-5-6-7-19-8-10-20(11-9-19)24-14-12-21(18-34-24)22-16-31-28(32-17-22)23-13-15-25(33-4-2)27(30)26(23)29/h13,15-17,19-21,24H,3-12,14,18H2,1-2H3. The summed E-state index contributed by atoms with van der Waals surface area (Å²) in [6.07, 6.45) is 16.7. The van der Waals surface area contributed by atoms with Crippen LogP contribution in [0.15, 0.2) is 24.5 Å². The molecule has 2 fully saturated rings. The second kappa shape index (κ2) is 12.1. The third kappa shape index (κ3) is 5.94. The van der Waals surface area contributed by atoms with Crippen LogP contribution in [0.4, 0.5) is 8.78 Å². The molecule has 6 heteroatoms. The Balaban J connectivity index is 1.29. The van der Waals surface area contributed by atoms with Crippen molar-refractivity contribution in [1.29, 1.82) is 0 Å². The fraction of sp³-hybridized carbons (Fsp3) is 0.643. The van der Waals surface area contributed by atoms with Gasteiger partial charge in [-0.3, -0.25) is 0 Å². The van der Waals surface area contributed by atoms with E-state index < -0.39 is 11.6 Å². The van der Waals surface area contributed by atoms with Gasteiger partial charge < -0.3 is 9.47 Å². The molecule has 2 unspecified atom stereocenters. The molecule has 2 heterocycles. The van der Waals surface area contributed by atoms with E-state index in [4.69, 9.17) is 9.47 Å². The molecule has 2 aliphatic rings. The van der Waals surface area contributed by atoms with Crippen LogP contribution in [0.1, 0.15) is 89.5 Å². The van der Waals surface area contributed by atoms with Gasteiger partial charge in [0.2, 0.25) is 5.82 Å². The third-order valence-corrected chi connectivity index (χ3v) is 7.68. The average Bonchev–Trinajstić information content (AvgIpc) is 2.88. The van der Waals surface area contributed by atoms with Crippen LogP contribution in [0.25, 0.3) is 11.4 Å². The molecule has 1 aliphatic carbocycles. The van der Waals surface area contributed by atoms with Crippen molar-refractivity contribution in [3.8, 4) is 17.1 Å². The van der Waals surface area contributed by atoms with Gasteiger partial charge in [-0.25, -0.2) is 14.4 Å². The van der Waals surface area contributed by atoms with Crippen molar-refractivity contribution in [2.75, 3.05) is 13.2 Å². The lowest BCUT2D eigenvalue weighted by Crippen LogP contribution is -2.33. The van der Waals surface area contributed by atoms with E-state index in [1.54, 1.807) is 19.3 Å². The fourth-order valence-corrected chi connectivity index (χ4v) is 5.60. The summed E-state index contributed by atoms with van der Waals surface area (Å²) in [5.74, 6) is -0.0512. The molecule has 0 N–H and O–H groups in total. The van der Waals surface area contributed by atoms with Gasteiger partial charge in [-0.15, -0.1) is 0 Å². The molecule has 0 spiro atoms. The topological polar surface area (TPSA) is 44.2 Å². The number of hydrogen-bond acceptors (Lipinski definition) is 4. The minimum Gasteiger partial charge on any atom is -0.491 e. The SMILES string of the molecule is CCCCCC1CCC(C2CCC(c3cnc(-c4ccc(OCC)c(F)c4F)nc3)CO2)CC1. The van der Waals surface area contributed by atoms with Crippen LogP contribution in [0.3, 0.4) is 0 Å². The number of unbranched alkanes of at least 4 members (excludes halogenated alkanes) is 2. The van der Waals surface area contributed by atoms with Crippen molar-refractivity contribution >= 4 is 0 Å². The molecule has 2 atom stereocenters. The molecule has 4 rings (SSSR count). The number of rotatable bonds is 9. The van der Waals surface area contributed by atoms with Gasteiger partial charge in [-0.2, -0.15) is 4.39 Å². The van der Waals surface area contributed by atoms with Gasteiger partial charge in [0, 0.05) is 18.3 Å². The molecule has 34 heavy (non-hydrogen) atoms. The number of halogens is 2. The Morgan fingerprint density at radius 1 is 0.941 bits per heavy atom. The first-order chi connectivity index (χ1) is 16.6. The second-order valence-corrected chi connectivity index (χ2v) is 9.93. The highest BCUT2D eigenvalue weighted by atomic mass is 19.2. The Bertz CT molecular complexity index is 905. The van der Waals surface area contributed by atoms with Crippen LogP contribution in [-0.2, 0) is 4.74 Å². The Morgan fingerprint density at radius 2 is 1.71 bits per heavy atom. The Hall–Kier alpha value is -2.08. The molecule has 1 saturated heterocycles. The zero-order valence-corrected chi connectivity index (χ0v) is 20.6. The molecule has 1 aromatic carbocycles. The summed E-state index contributed by atoms with van der Waals surface area (Å²) in [4.78, 5) is 8.67. The first-order valence-electron chi connectivity index (χ1n) is 13.1. The van der Waals surface area contributed by atoms with Crippen LogP contribution in [-0.4, -0.2) is 29.3 Å². The van der Waals surface area contributed by atoms with E-state index in [-0.39, 0.29) is 29.7 Å². The van der Waals surface area contributed by atoms with Gasteiger partial charge in [0.05, 0.1) is 24.9 Å². The normalized spacial score (nSPS) is 25.3. The lowest BCUT2D eigenvalue weighted by molar-refractivity contribution is -0.0437. The maximum Gasteiger partial charge on any atom is 0.201 e. The van der Waals surface area contributed by atoms with Gasteiger partial charge >= 0.3 is 0 Å². The number of benzene rings is 1. The summed E-state index contributed by atoms with van der Waals surface area (Å²) in [5.41, 5.74) is 1.03. The molecular formula is C28H38F2N2O2. The van der Waals surface area contributed by atoms with Gasteiger partial charge in [0.1, 0.15) is 0 Å². The van der Waals surface area contributed by atoms with Crippen LogP contribution >= 0.6 is 0 Å². The van der Waals surface area contributed by atoms with E-state index in [2.05, 4.69) is 16.9 Å². The van der Waals surface area contributed by atoms with E-state index in [0.29, 0.717) is 18.6 Å². The van der Waals surface area contributed by atoms with E-state index in [0.717, 1.165) is 24.3 Å². The number of ether oxygens (including phenoxy) is 2. The van der Waals surface area contributed by atoms with Crippen molar-refractivity contribution in [1.82, 2.24) is 9.97 Å². The summed E-state index contributed by atoms with van der Waals surface area (Å²) in [7, 11) is 0. The minimum atomic E-state index is -1.01. The quantitative estimate of drug-likeness (QED) is 0.355. The highest BCUT2D eigenvalue weighted by Crippen LogP contribution is 2.39. The molecule has 4 nitrogen and oxygen atoms in total. The van der Waals surface area contributed by atoms with Crippen LogP contribution in [0, 0.1) is 23.5 Å². The maximum absolute atomic E-state index is 14.5. The summed E-state index contributed by atoms with van der Waals surface area (Å²) in [6, 6.07) is 2.88. The number of aromatic nitrogens is 2. The fourth-order valence-electron chi connectivity index (χ4n) is 5.60. The van der Waals surface area contributed by atoms with Crippen molar-refractivity contribution in [3.63, 3.8) is 0 Å². The Morgan fingerprint density at radius 3 is 2.35 bits per heavy atom. The van der Waals surface area contributed by atoms with E-state index >= 15 is 0 Å². The first kappa shape index (κ1) is 25.0. The smallest absolute Gasteiger partial charge is 0.201 e. The maximum atomic E-state index is 14.5. The lowest BCUT2D eigenvalue weighted by atomic mass is 9.75. The number of nitrogens with zero attached hydrogens (tertiary/aromatic N) is 2. The molecule has 0 radical (unpaired) electrons. The van der Waals surface area contributed by atoms with Crippen LogP contribution in [0.2, 0.25) is 0 Å². The van der Waals surface area contributed by atoms with Crippen molar-refractivity contribution in [3.05, 3.63) is 41.7 Å². The highest BCUT2D eigenvalue weighted by Gasteiger charge is 2.32. The van der Waals surface area contributed by atoms with Crippen LogP contribution in [0.5, 0.6) is 5.75 Å². The molecular weight excluding hydrogens is 434 g/mol. The molecule has 0 bridgehead atoms. The third-order valence-electron chi connectivity index (χ3n) is 7.68. The predicted octanol–water partition coefficient (Wildman–Crippen LogP) is 7.47. The number of hydrogen-bond donors (Lipinski definition) is 0. The van der Waals surface area contributed by atoms with E-state index in [1.807, 2.05) is 0 Å². The summed E-state index contributed by atoms with van der Waals surface area (Å²) >= 11 is 0. The molecule has 1 saturated carbocycles.